The Morgan fingerprint density at radius 3 is 2.47 bits per heavy atom. The summed E-state index contributed by atoms with van der Waals surface area (Å²) in [4.78, 5) is 23.5. The van der Waals surface area contributed by atoms with Crippen LogP contribution in [0, 0.1) is 0 Å². The summed E-state index contributed by atoms with van der Waals surface area (Å²) < 4.78 is 16.8. The normalized spacial score (nSPS) is 16.9. The van der Waals surface area contributed by atoms with E-state index < -0.39 is 0 Å². The van der Waals surface area contributed by atoms with Gasteiger partial charge in [-0.3, -0.25) is 4.79 Å². The van der Waals surface area contributed by atoms with Crippen LogP contribution in [-0.4, -0.2) is 58.8 Å². The number of likely N-dealkylation sites (tertiary alicyclic amines) is 1. The fourth-order valence-corrected chi connectivity index (χ4v) is 3.87. The first kappa shape index (κ1) is 20.6. The minimum absolute atomic E-state index is 0.00371. The van der Waals surface area contributed by atoms with Gasteiger partial charge in [0.05, 0.1) is 37.0 Å². The van der Waals surface area contributed by atoms with Crippen molar-refractivity contribution in [3.63, 3.8) is 0 Å². The van der Waals surface area contributed by atoms with Crippen molar-refractivity contribution in [2.45, 2.75) is 51.7 Å². The third kappa shape index (κ3) is 4.26. The lowest BCUT2D eigenvalue weighted by Crippen LogP contribution is -2.72. The minimum Gasteiger partial charge on any atom is -0.494 e. The molecule has 2 aliphatic rings. The number of hydrogen-bond acceptors (Lipinski definition) is 6. The summed E-state index contributed by atoms with van der Waals surface area (Å²) >= 11 is 0. The zero-order valence-electron chi connectivity index (χ0n) is 17.9. The second kappa shape index (κ2) is 8.60. The largest absolute Gasteiger partial charge is 0.494 e. The molecule has 4 rings (SSSR count). The van der Waals surface area contributed by atoms with Crippen molar-refractivity contribution in [2.24, 2.45) is 0 Å². The summed E-state index contributed by atoms with van der Waals surface area (Å²) in [5.41, 5.74) is 1.57. The molecule has 3 heterocycles. The Morgan fingerprint density at radius 1 is 1.17 bits per heavy atom. The fourth-order valence-electron chi connectivity index (χ4n) is 3.87. The molecule has 2 aromatic rings. The molecule has 7 heteroatoms. The Bertz CT molecular complexity index is 888. The first-order valence-corrected chi connectivity index (χ1v) is 10.6. The molecule has 30 heavy (non-hydrogen) atoms. The number of nitrogens with zero attached hydrogens (tertiary/aromatic N) is 3. The molecule has 0 saturated carbocycles. The molecule has 0 bridgehead atoms. The van der Waals surface area contributed by atoms with Crippen LogP contribution < -0.4 is 9.47 Å². The van der Waals surface area contributed by atoms with Crippen molar-refractivity contribution in [3.8, 4) is 11.5 Å². The molecule has 1 spiro atoms. The third-order valence-corrected chi connectivity index (χ3v) is 5.57. The number of rotatable bonds is 8. The number of ether oxygens (including phenoxy) is 3. The second-order valence-electron chi connectivity index (χ2n) is 8.22. The van der Waals surface area contributed by atoms with Gasteiger partial charge in [-0.1, -0.05) is 0 Å². The van der Waals surface area contributed by atoms with Crippen molar-refractivity contribution in [1.29, 1.82) is 0 Å². The van der Waals surface area contributed by atoms with Crippen molar-refractivity contribution in [2.75, 3.05) is 26.4 Å². The maximum absolute atomic E-state index is 12.7. The lowest BCUT2D eigenvalue weighted by molar-refractivity contribution is -0.172. The number of aromatic nitrogens is 2. The highest BCUT2D eigenvalue weighted by atomic mass is 16.5. The van der Waals surface area contributed by atoms with Gasteiger partial charge in [-0.25, -0.2) is 9.97 Å². The van der Waals surface area contributed by atoms with E-state index in [9.17, 15) is 4.79 Å². The Morgan fingerprint density at radius 2 is 1.90 bits per heavy atom. The highest BCUT2D eigenvalue weighted by molar-refractivity contribution is 5.94. The predicted octanol–water partition coefficient (Wildman–Crippen LogP) is 3.06. The predicted molar refractivity (Wildman–Crippen MR) is 112 cm³/mol. The Balaban J connectivity index is 1.39. The zero-order chi connectivity index (χ0) is 21.1. The van der Waals surface area contributed by atoms with E-state index in [2.05, 4.69) is 9.97 Å². The van der Waals surface area contributed by atoms with Crippen LogP contribution in [0.15, 0.2) is 30.6 Å². The summed E-state index contributed by atoms with van der Waals surface area (Å²) in [6.45, 7) is 8.64. The average Bonchev–Trinajstić information content (AvgIpc) is 2.64. The molecular formula is C23H29N3O4. The highest BCUT2D eigenvalue weighted by Crippen LogP contribution is 2.38. The summed E-state index contributed by atoms with van der Waals surface area (Å²) in [6.07, 6.45) is 5.82. The Labute approximate surface area is 177 Å². The monoisotopic (exact) mass is 411 g/mol. The Kier molecular flexibility index (Phi) is 5.90. The van der Waals surface area contributed by atoms with Gasteiger partial charge < -0.3 is 19.1 Å². The van der Waals surface area contributed by atoms with Crippen LogP contribution in [0.25, 0.3) is 0 Å². The van der Waals surface area contributed by atoms with Crippen LogP contribution in [-0.2, 0) is 17.6 Å². The lowest BCUT2D eigenvalue weighted by atomic mass is 9.82. The number of carbonyl (C=O) groups excluding carboxylic acids is 1. The molecule has 2 fully saturated rings. The molecule has 7 nitrogen and oxygen atoms in total. The number of carbonyl (C=O) groups is 1. The summed E-state index contributed by atoms with van der Waals surface area (Å²) in [5, 5.41) is 0. The van der Waals surface area contributed by atoms with Crippen molar-refractivity contribution in [3.05, 3.63) is 47.5 Å². The quantitative estimate of drug-likeness (QED) is 0.665. The SMILES string of the molecule is CCOc1cc(CCc2ncc(C(=O)N3CCC34COC4)cn2)cc(OC(C)C)c1. The van der Waals surface area contributed by atoms with E-state index in [-0.39, 0.29) is 17.6 Å². The first-order valence-electron chi connectivity index (χ1n) is 10.6. The molecule has 160 valence electrons. The van der Waals surface area contributed by atoms with E-state index in [1.165, 1.54) is 0 Å². The van der Waals surface area contributed by atoms with E-state index in [1.54, 1.807) is 12.4 Å². The molecule has 2 aliphatic heterocycles. The third-order valence-electron chi connectivity index (χ3n) is 5.57. The lowest BCUT2D eigenvalue weighted by Gasteiger charge is -2.57. The fraction of sp³-hybridized carbons (Fsp3) is 0.522. The van der Waals surface area contributed by atoms with Crippen LogP contribution in [0.3, 0.4) is 0 Å². The van der Waals surface area contributed by atoms with Crippen LogP contribution in [0.4, 0.5) is 0 Å². The standard InChI is InChI=1S/C23H29N3O4/c1-4-29-19-9-17(10-20(11-19)30-16(2)3)5-6-21-24-12-18(13-25-21)22(27)26-8-7-23(26)14-28-15-23/h9-13,16H,4-8,14-15H2,1-3H3. The molecule has 1 amide bonds. The maximum Gasteiger partial charge on any atom is 0.257 e. The first-order chi connectivity index (χ1) is 14.5. The second-order valence-corrected chi connectivity index (χ2v) is 8.22. The summed E-state index contributed by atoms with van der Waals surface area (Å²) in [5.74, 6) is 2.31. The molecule has 0 radical (unpaired) electrons. The van der Waals surface area contributed by atoms with E-state index in [1.807, 2.05) is 43.9 Å². The molecule has 1 aromatic carbocycles. The van der Waals surface area contributed by atoms with Gasteiger partial charge in [-0.05, 0) is 51.3 Å². The van der Waals surface area contributed by atoms with Crippen LogP contribution in [0.1, 0.15) is 48.9 Å². The molecular weight excluding hydrogens is 382 g/mol. The minimum atomic E-state index is -0.0723. The maximum atomic E-state index is 12.7. The molecule has 0 aliphatic carbocycles. The molecule has 1 aromatic heterocycles. The van der Waals surface area contributed by atoms with Gasteiger partial charge in [0.2, 0.25) is 0 Å². The zero-order valence-corrected chi connectivity index (χ0v) is 17.9. The number of benzene rings is 1. The van der Waals surface area contributed by atoms with E-state index in [4.69, 9.17) is 14.2 Å². The molecule has 0 atom stereocenters. The van der Waals surface area contributed by atoms with Gasteiger partial charge >= 0.3 is 0 Å². The topological polar surface area (TPSA) is 73.8 Å². The van der Waals surface area contributed by atoms with Crippen molar-refractivity contribution < 1.29 is 19.0 Å². The number of amides is 1. The van der Waals surface area contributed by atoms with Gasteiger partial charge in [0, 0.05) is 31.4 Å². The van der Waals surface area contributed by atoms with Gasteiger partial charge in [0.15, 0.2) is 0 Å². The van der Waals surface area contributed by atoms with Gasteiger partial charge in [-0.15, -0.1) is 0 Å². The molecule has 0 unspecified atom stereocenters. The summed E-state index contributed by atoms with van der Waals surface area (Å²) in [6, 6.07) is 5.97. The van der Waals surface area contributed by atoms with Gasteiger partial charge in [0.1, 0.15) is 17.3 Å². The van der Waals surface area contributed by atoms with Crippen LogP contribution >= 0.6 is 0 Å². The van der Waals surface area contributed by atoms with E-state index in [0.29, 0.717) is 37.6 Å². The van der Waals surface area contributed by atoms with E-state index >= 15 is 0 Å². The molecule has 0 N–H and O–H groups in total. The summed E-state index contributed by atoms with van der Waals surface area (Å²) in [7, 11) is 0. The average molecular weight is 412 g/mol. The van der Waals surface area contributed by atoms with Crippen molar-refractivity contribution >= 4 is 5.91 Å². The van der Waals surface area contributed by atoms with Crippen LogP contribution in [0.2, 0.25) is 0 Å². The number of aryl methyl sites for hydroxylation is 2. The van der Waals surface area contributed by atoms with E-state index in [0.717, 1.165) is 36.4 Å². The van der Waals surface area contributed by atoms with Crippen molar-refractivity contribution in [1.82, 2.24) is 14.9 Å². The van der Waals surface area contributed by atoms with Gasteiger partial charge in [-0.2, -0.15) is 0 Å². The number of hydrogen-bond donors (Lipinski definition) is 0. The smallest absolute Gasteiger partial charge is 0.257 e. The van der Waals surface area contributed by atoms with Crippen LogP contribution in [0.5, 0.6) is 11.5 Å². The van der Waals surface area contributed by atoms with Gasteiger partial charge in [0.25, 0.3) is 5.91 Å². The Hall–Kier alpha value is -2.67. The highest BCUT2D eigenvalue weighted by Gasteiger charge is 2.53. The molecule has 2 saturated heterocycles.